The number of ketones is 1. The predicted octanol–water partition coefficient (Wildman–Crippen LogP) is 4.53. The summed E-state index contributed by atoms with van der Waals surface area (Å²) in [4.78, 5) is 39.2. The topological polar surface area (TPSA) is 54.5 Å². The molecule has 0 aromatic heterocycles. The van der Waals surface area contributed by atoms with Crippen molar-refractivity contribution in [3.63, 3.8) is 0 Å². The molecule has 0 saturated carbocycles. The summed E-state index contributed by atoms with van der Waals surface area (Å²) in [7, 11) is 0. The fourth-order valence-corrected chi connectivity index (χ4v) is 4.21. The van der Waals surface area contributed by atoms with Gasteiger partial charge < -0.3 is 4.90 Å². The summed E-state index contributed by atoms with van der Waals surface area (Å²) in [6.45, 7) is 5.95. The molecule has 27 heavy (non-hydrogen) atoms. The van der Waals surface area contributed by atoms with Crippen LogP contribution in [0.5, 0.6) is 0 Å². The Morgan fingerprint density at radius 3 is 2.70 bits per heavy atom. The zero-order valence-electron chi connectivity index (χ0n) is 16.3. The van der Waals surface area contributed by atoms with E-state index in [2.05, 4.69) is 0 Å². The Morgan fingerprint density at radius 2 is 2.04 bits per heavy atom. The average Bonchev–Trinajstić information content (AvgIpc) is 3.13. The monoisotopic (exact) mass is 409 g/mol. The molecule has 1 aliphatic rings. The van der Waals surface area contributed by atoms with Crippen LogP contribution in [-0.4, -0.2) is 40.0 Å². The largest absolute Gasteiger partial charge is 0.325 e. The summed E-state index contributed by atoms with van der Waals surface area (Å²) >= 11 is 7.25. The van der Waals surface area contributed by atoms with Crippen LogP contribution in [0.25, 0.3) is 0 Å². The second kappa shape index (κ2) is 9.74. The number of benzene rings is 1. The van der Waals surface area contributed by atoms with Gasteiger partial charge in [0.15, 0.2) is 0 Å². The lowest BCUT2D eigenvalue weighted by molar-refractivity contribution is -0.150. The standard InChI is InChI=1S/C21H28ClNO3S/c1-4-21(2,3)18(24)19(25)23-12-6-11-17(23)20(26)27-13-7-9-15-8-5-10-16(22)14-15/h5,8,10,14,17H,4,6-7,9,11-13H2,1-3H3/t17-/m0/s1. The van der Waals surface area contributed by atoms with Gasteiger partial charge in [-0.25, -0.2) is 0 Å². The highest BCUT2D eigenvalue weighted by atomic mass is 35.5. The number of halogens is 1. The summed E-state index contributed by atoms with van der Waals surface area (Å²) in [5.41, 5.74) is 0.470. The van der Waals surface area contributed by atoms with Gasteiger partial charge in [0, 0.05) is 22.7 Å². The number of carbonyl (C=O) groups excluding carboxylic acids is 3. The number of amides is 1. The van der Waals surface area contributed by atoms with Gasteiger partial charge in [-0.05, 0) is 49.8 Å². The van der Waals surface area contributed by atoms with E-state index in [0.717, 1.165) is 29.8 Å². The van der Waals surface area contributed by atoms with Crippen LogP contribution in [0.4, 0.5) is 0 Å². The van der Waals surface area contributed by atoms with Gasteiger partial charge in [0.2, 0.25) is 10.9 Å². The second-order valence-electron chi connectivity index (χ2n) is 7.62. The number of rotatable bonds is 8. The van der Waals surface area contributed by atoms with Crippen molar-refractivity contribution in [2.24, 2.45) is 5.41 Å². The van der Waals surface area contributed by atoms with E-state index in [9.17, 15) is 14.4 Å². The molecule has 2 rings (SSSR count). The second-order valence-corrected chi connectivity index (χ2v) is 9.16. The molecule has 0 spiro atoms. The Morgan fingerprint density at radius 1 is 1.30 bits per heavy atom. The number of thioether (sulfide) groups is 1. The summed E-state index contributed by atoms with van der Waals surface area (Å²) in [6.07, 6.45) is 3.73. The maximum Gasteiger partial charge on any atom is 0.291 e. The molecule has 6 heteroatoms. The number of likely N-dealkylation sites (tertiary alicyclic amines) is 1. The zero-order chi connectivity index (χ0) is 20.0. The first-order chi connectivity index (χ1) is 12.8. The van der Waals surface area contributed by atoms with Crippen molar-refractivity contribution in [2.45, 2.75) is 58.9 Å². The number of hydrogen-bond donors (Lipinski definition) is 0. The summed E-state index contributed by atoms with van der Waals surface area (Å²) in [5, 5.41) is 0.713. The quantitative estimate of drug-likeness (QED) is 0.467. The first-order valence-electron chi connectivity index (χ1n) is 9.52. The molecule has 1 saturated heterocycles. The fraction of sp³-hybridized carbons (Fsp3) is 0.571. The van der Waals surface area contributed by atoms with Crippen LogP contribution >= 0.6 is 23.4 Å². The van der Waals surface area contributed by atoms with E-state index in [1.54, 1.807) is 13.8 Å². The maximum absolute atomic E-state index is 12.6. The molecule has 4 nitrogen and oxygen atoms in total. The number of nitrogens with zero attached hydrogens (tertiary/aromatic N) is 1. The highest BCUT2D eigenvalue weighted by Crippen LogP contribution is 2.28. The third kappa shape index (κ3) is 5.82. The number of Topliss-reactive ketones (excluding diaryl/α,β-unsaturated/α-hetero) is 1. The molecule has 1 aliphatic heterocycles. The van der Waals surface area contributed by atoms with Crippen LogP contribution in [0, 0.1) is 5.41 Å². The van der Waals surface area contributed by atoms with Gasteiger partial charge in [0.05, 0.1) is 0 Å². The van der Waals surface area contributed by atoms with E-state index in [0.29, 0.717) is 25.1 Å². The Kier molecular flexibility index (Phi) is 7.92. The highest BCUT2D eigenvalue weighted by Gasteiger charge is 2.40. The van der Waals surface area contributed by atoms with Gasteiger partial charge in [0.25, 0.3) is 5.91 Å². The molecule has 1 amide bonds. The summed E-state index contributed by atoms with van der Waals surface area (Å²) < 4.78 is 0. The van der Waals surface area contributed by atoms with Crippen LogP contribution in [0.1, 0.15) is 52.0 Å². The predicted molar refractivity (Wildman–Crippen MR) is 111 cm³/mol. The van der Waals surface area contributed by atoms with Crippen molar-refractivity contribution in [3.8, 4) is 0 Å². The van der Waals surface area contributed by atoms with E-state index in [4.69, 9.17) is 11.6 Å². The third-order valence-electron chi connectivity index (χ3n) is 5.22. The molecule has 148 valence electrons. The van der Waals surface area contributed by atoms with Crippen LogP contribution in [0.3, 0.4) is 0 Å². The SMILES string of the molecule is CCC(C)(C)C(=O)C(=O)N1CCC[C@H]1C(=O)SCCCc1cccc(Cl)c1. The van der Waals surface area contributed by atoms with Crippen molar-refractivity contribution in [1.29, 1.82) is 0 Å². The van der Waals surface area contributed by atoms with Crippen LogP contribution < -0.4 is 0 Å². The van der Waals surface area contributed by atoms with E-state index in [1.807, 2.05) is 31.2 Å². The van der Waals surface area contributed by atoms with Crippen molar-refractivity contribution in [1.82, 2.24) is 4.90 Å². The summed E-state index contributed by atoms with van der Waals surface area (Å²) in [6, 6.07) is 7.26. The first kappa shape index (κ1) is 22.0. The minimum atomic E-state index is -0.683. The maximum atomic E-state index is 12.6. The molecule has 0 radical (unpaired) electrons. The van der Waals surface area contributed by atoms with Crippen LogP contribution in [0.2, 0.25) is 5.02 Å². The molecule has 1 heterocycles. The average molecular weight is 410 g/mol. The minimum absolute atomic E-state index is 0.00551. The lowest BCUT2D eigenvalue weighted by Crippen LogP contribution is -2.47. The highest BCUT2D eigenvalue weighted by molar-refractivity contribution is 8.13. The number of hydrogen-bond acceptors (Lipinski definition) is 4. The lowest BCUT2D eigenvalue weighted by atomic mass is 9.84. The van der Waals surface area contributed by atoms with Gasteiger partial charge >= 0.3 is 0 Å². The molecule has 1 fully saturated rings. The number of carbonyl (C=O) groups is 3. The smallest absolute Gasteiger partial charge is 0.291 e. The van der Waals surface area contributed by atoms with E-state index < -0.39 is 23.1 Å². The lowest BCUT2D eigenvalue weighted by Gasteiger charge is -2.27. The Bertz CT molecular complexity index is 704. The van der Waals surface area contributed by atoms with Gasteiger partial charge in [-0.2, -0.15) is 0 Å². The molecule has 0 N–H and O–H groups in total. The third-order valence-corrected chi connectivity index (χ3v) is 6.51. The summed E-state index contributed by atoms with van der Waals surface area (Å²) in [5.74, 6) is -0.203. The van der Waals surface area contributed by atoms with Crippen LogP contribution in [-0.2, 0) is 20.8 Å². The van der Waals surface area contributed by atoms with Crippen molar-refractivity contribution in [2.75, 3.05) is 12.3 Å². The zero-order valence-corrected chi connectivity index (χ0v) is 17.9. The molecule has 0 unspecified atom stereocenters. The Hall–Kier alpha value is -1.33. The molecule has 1 atom stereocenters. The van der Waals surface area contributed by atoms with E-state index in [1.165, 1.54) is 16.7 Å². The minimum Gasteiger partial charge on any atom is -0.325 e. The van der Waals surface area contributed by atoms with Gasteiger partial charge in [0.1, 0.15) is 6.04 Å². The molecule has 1 aromatic rings. The van der Waals surface area contributed by atoms with Crippen molar-refractivity contribution >= 4 is 40.2 Å². The van der Waals surface area contributed by atoms with E-state index in [-0.39, 0.29) is 5.12 Å². The normalized spacial score (nSPS) is 17.2. The Balaban J connectivity index is 1.86. The molecular weight excluding hydrogens is 382 g/mol. The fourth-order valence-electron chi connectivity index (χ4n) is 3.07. The van der Waals surface area contributed by atoms with Gasteiger partial charge in [-0.15, -0.1) is 0 Å². The molecule has 0 aliphatic carbocycles. The molecule has 1 aromatic carbocycles. The van der Waals surface area contributed by atoms with Crippen LogP contribution in [0.15, 0.2) is 24.3 Å². The molecule has 0 bridgehead atoms. The molecular formula is C21H28ClNO3S. The van der Waals surface area contributed by atoms with E-state index >= 15 is 0 Å². The van der Waals surface area contributed by atoms with Crippen molar-refractivity contribution in [3.05, 3.63) is 34.9 Å². The Labute approximate surface area is 171 Å². The van der Waals surface area contributed by atoms with Gasteiger partial charge in [-0.1, -0.05) is 56.3 Å². The van der Waals surface area contributed by atoms with Crippen molar-refractivity contribution < 1.29 is 14.4 Å². The van der Waals surface area contributed by atoms with Gasteiger partial charge in [-0.3, -0.25) is 14.4 Å². The first-order valence-corrected chi connectivity index (χ1v) is 10.9. The number of aryl methyl sites for hydroxylation is 1.